The number of carbonyl (C=O) groups is 2. The number of ether oxygens (including phenoxy) is 1. The van der Waals surface area contributed by atoms with E-state index in [1.165, 1.54) is 0 Å². The summed E-state index contributed by atoms with van der Waals surface area (Å²) in [5, 5.41) is 11.7. The van der Waals surface area contributed by atoms with Crippen molar-refractivity contribution in [2.24, 2.45) is 0 Å². The minimum Gasteiger partial charge on any atom is -0.481 e. The van der Waals surface area contributed by atoms with Crippen LogP contribution in [0.15, 0.2) is 0 Å². The van der Waals surface area contributed by atoms with Crippen molar-refractivity contribution in [3.63, 3.8) is 0 Å². The lowest BCUT2D eigenvalue weighted by Crippen LogP contribution is -2.54. The highest BCUT2D eigenvalue weighted by Crippen LogP contribution is 2.06. The summed E-state index contributed by atoms with van der Waals surface area (Å²) >= 11 is 0. The molecule has 0 aliphatic carbocycles. The van der Waals surface area contributed by atoms with E-state index in [2.05, 4.69) is 5.32 Å². The van der Waals surface area contributed by atoms with E-state index in [1.54, 1.807) is 4.90 Å². The molecule has 6 nitrogen and oxygen atoms in total. The lowest BCUT2D eigenvalue weighted by molar-refractivity contribution is -0.141. The van der Waals surface area contributed by atoms with Gasteiger partial charge in [0.2, 0.25) is 5.91 Å². The molecule has 0 aromatic carbocycles. The number of carboxylic acids is 1. The minimum atomic E-state index is -0.892. The van der Waals surface area contributed by atoms with Gasteiger partial charge in [0.15, 0.2) is 0 Å². The summed E-state index contributed by atoms with van der Waals surface area (Å²) in [6, 6.07) is -0.356. The Bertz CT molecular complexity index is 275. The number of carbonyl (C=O) groups excluding carboxylic acids is 1. The second kappa shape index (κ2) is 6.56. The van der Waals surface area contributed by atoms with Gasteiger partial charge in [0, 0.05) is 19.1 Å². The molecule has 98 valence electrons. The molecule has 1 aliphatic rings. The zero-order valence-electron chi connectivity index (χ0n) is 10.3. The van der Waals surface area contributed by atoms with E-state index in [0.29, 0.717) is 19.8 Å². The molecule has 6 heteroatoms. The second-order valence-electron chi connectivity index (χ2n) is 4.35. The molecule has 0 spiro atoms. The largest absolute Gasteiger partial charge is 0.481 e. The Labute approximate surface area is 101 Å². The summed E-state index contributed by atoms with van der Waals surface area (Å²) < 4.78 is 5.23. The Balaban J connectivity index is 2.55. The Hall–Kier alpha value is -1.14. The van der Waals surface area contributed by atoms with E-state index >= 15 is 0 Å². The molecular weight excluding hydrogens is 224 g/mol. The van der Waals surface area contributed by atoms with Gasteiger partial charge in [-0.1, -0.05) is 0 Å². The first-order valence-electron chi connectivity index (χ1n) is 5.85. The highest BCUT2D eigenvalue weighted by molar-refractivity contribution is 5.82. The summed E-state index contributed by atoms with van der Waals surface area (Å²) in [6.07, 6.45) is -0.0303. The number of rotatable bonds is 5. The lowest BCUT2D eigenvalue weighted by Gasteiger charge is -2.32. The highest BCUT2D eigenvalue weighted by atomic mass is 16.5. The predicted molar refractivity (Wildman–Crippen MR) is 61.7 cm³/mol. The quantitative estimate of drug-likeness (QED) is 0.693. The van der Waals surface area contributed by atoms with Gasteiger partial charge in [-0.25, -0.2) is 0 Å². The maximum absolute atomic E-state index is 12.1. The van der Waals surface area contributed by atoms with Gasteiger partial charge >= 0.3 is 5.97 Å². The van der Waals surface area contributed by atoms with Crippen LogP contribution in [0.1, 0.15) is 20.3 Å². The molecule has 1 rings (SSSR count). The third kappa shape index (κ3) is 4.32. The van der Waals surface area contributed by atoms with Gasteiger partial charge in [-0.2, -0.15) is 0 Å². The molecule has 1 saturated heterocycles. The average Bonchev–Trinajstić information content (AvgIpc) is 2.29. The molecule has 0 radical (unpaired) electrons. The van der Waals surface area contributed by atoms with Gasteiger partial charge in [0.1, 0.15) is 6.04 Å². The lowest BCUT2D eigenvalue weighted by atomic mass is 10.2. The monoisotopic (exact) mass is 244 g/mol. The fourth-order valence-corrected chi connectivity index (χ4v) is 1.76. The molecule has 1 aliphatic heterocycles. The van der Waals surface area contributed by atoms with E-state index in [0.717, 1.165) is 0 Å². The smallest absolute Gasteiger partial charge is 0.305 e. The summed E-state index contributed by atoms with van der Waals surface area (Å²) in [4.78, 5) is 24.3. The van der Waals surface area contributed by atoms with Crippen LogP contribution >= 0.6 is 0 Å². The Morgan fingerprint density at radius 2 is 2.24 bits per heavy atom. The number of aliphatic carboxylic acids is 1. The van der Waals surface area contributed by atoms with Gasteiger partial charge in [-0.15, -0.1) is 0 Å². The Kier molecular flexibility index (Phi) is 5.37. The topological polar surface area (TPSA) is 78.9 Å². The van der Waals surface area contributed by atoms with Crippen LogP contribution in [0.25, 0.3) is 0 Å². The zero-order valence-corrected chi connectivity index (χ0v) is 10.3. The van der Waals surface area contributed by atoms with Crippen molar-refractivity contribution in [1.82, 2.24) is 10.2 Å². The molecule has 17 heavy (non-hydrogen) atoms. The van der Waals surface area contributed by atoms with Crippen molar-refractivity contribution < 1.29 is 19.4 Å². The molecule has 2 N–H and O–H groups in total. The molecule has 0 aromatic heterocycles. The SMILES string of the molecule is CC(C)N(CCC(=O)O)C(=O)C1COCCN1. The van der Waals surface area contributed by atoms with Crippen LogP contribution in [-0.4, -0.2) is 60.3 Å². The van der Waals surface area contributed by atoms with E-state index in [4.69, 9.17) is 9.84 Å². The third-order valence-electron chi connectivity index (χ3n) is 2.69. The molecule has 0 saturated carbocycles. The van der Waals surface area contributed by atoms with Gasteiger partial charge in [0.05, 0.1) is 19.6 Å². The Morgan fingerprint density at radius 3 is 2.71 bits per heavy atom. The molecular formula is C11H20N2O4. The molecule has 1 atom stereocenters. The van der Waals surface area contributed by atoms with E-state index < -0.39 is 5.97 Å². The van der Waals surface area contributed by atoms with Crippen LogP contribution in [0.5, 0.6) is 0 Å². The first-order chi connectivity index (χ1) is 8.02. The predicted octanol–water partition coefficient (Wildman–Crippen LogP) is -0.313. The minimum absolute atomic E-state index is 0.00873. The molecule has 1 unspecified atom stereocenters. The number of hydrogen-bond donors (Lipinski definition) is 2. The highest BCUT2D eigenvalue weighted by Gasteiger charge is 2.27. The van der Waals surface area contributed by atoms with Gasteiger partial charge < -0.3 is 20.1 Å². The Morgan fingerprint density at radius 1 is 1.53 bits per heavy atom. The maximum atomic E-state index is 12.1. The van der Waals surface area contributed by atoms with E-state index in [-0.39, 0.29) is 31.0 Å². The van der Waals surface area contributed by atoms with Gasteiger partial charge in [0.25, 0.3) is 0 Å². The van der Waals surface area contributed by atoms with Crippen molar-refractivity contribution in [3.8, 4) is 0 Å². The number of nitrogens with zero attached hydrogens (tertiary/aromatic N) is 1. The molecule has 1 fully saturated rings. The summed E-state index contributed by atoms with van der Waals surface area (Å²) in [5.41, 5.74) is 0. The summed E-state index contributed by atoms with van der Waals surface area (Å²) in [6.45, 7) is 5.62. The average molecular weight is 244 g/mol. The van der Waals surface area contributed by atoms with Crippen LogP contribution in [-0.2, 0) is 14.3 Å². The van der Waals surface area contributed by atoms with Crippen LogP contribution in [0.4, 0.5) is 0 Å². The first-order valence-corrected chi connectivity index (χ1v) is 5.85. The number of nitrogens with one attached hydrogen (secondary N) is 1. The van der Waals surface area contributed by atoms with Crippen LogP contribution in [0.2, 0.25) is 0 Å². The molecule has 1 amide bonds. The fourth-order valence-electron chi connectivity index (χ4n) is 1.76. The maximum Gasteiger partial charge on any atom is 0.305 e. The first kappa shape index (κ1) is 13.9. The van der Waals surface area contributed by atoms with Crippen LogP contribution in [0.3, 0.4) is 0 Å². The second-order valence-corrected chi connectivity index (χ2v) is 4.35. The van der Waals surface area contributed by atoms with Crippen molar-refractivity contribution in [2.45, 2.75) is 32.4 Å². The van der Waals surface area contributed by atoms with Crippen molar-refractivity contribution in [1.29, 1.82) is 0 Å². The molecule has 0 bridgehead atoms. The van der Waals surface area contributed by atoms with Gasteiger partial charge in [-0.05, 0) is 13.8 Å². The van der Waals surface area contributed by atoms with Crippen molar-refractivity contribution >= 4 is 11.9 Å². The van der Waals surface area contributed by atoms with Crippen molar-refractivity contribution in [3.05, 3.63) is 0 Å². The third-order valence-corrected chi connectivity index (χ3v) is 2.69. The summed E-state index contributed by atoms with van der Waals surface area (Å²) in [5.74, 6) is -0.975. The molecule has 0 aromatic rings. The van der Waals surface area contributed by atoms with E-state index in [1.807, 2.05) is 13.8 Å². The van der Waals surface area contributed by atoms with Crippen LogP contribution < -0.4 is 5.32 Å². The van der Waals surface area contributed by atoms with Crippen LogP contribution in [0, 0.1) is 0 Å². The van der Waals surface area contributed by atoms with Gasteiger partial charge in [-0.3, -0.25) is 9.59 Å². The fraction of sp³-hybridized carbons (Fsp3) is 0.818. The molecule has 1 heterocycles. The normalized spacial score (nSPS) is 20.3. The number of carboxylic acid groups (broad SMARTS) is 1. The zero-order chi connectivity index (χ0) is 12.8. The van der Waals surface area contributed by atoms with Crippen molar-refractivity contribution in [2.75, 3.05) is 26.3 Å². The number of amides is 1. The number of hydrogen-bond acceptors (Lipinski definition) is 4. The standard InChI is InChI=1S/C11H20N2O4/c1-8(2)13(5-3-10(14)15)11(16)9-7-17-6-4-12-9/h8-9,12H,3-7H2,1-2H3,(H,14,15). The van der Waals surface area contributed by atoms with E-state index in [9.17, 15) is 9.59 Å². The summed E-state index contributed by atoms with van der Waals surface area (Å²) in [7, 11) is 0. The number of morpholine rings is 1.